The highest BCUT2D eigenvalue weighted by Gasteiger charge is 2.23. The Kier molecular flexibility index (Phi) is 5.06. The van der Waals surface area contributed by atoms with E-state index in [2.05, 4.69) is 9.84 Å². The molecule has 0 unspecified atom stereocenters. The summed E-state index contributed by atoms with van der Waals surface area (Å²) in [4.78, 5) is 11.0. The molecule has 1 aromatic carbocycles. The fraction of sp³-hybridized carbons (Fsp3) is 0.231. The van der Waals surface area contributed by atoms with Gasteiger partial charge in [-0.2, -0.15) is 13.9 Å². The highest BCUT2D eigenvalue weighted by atomic mass is 35.5. The first-order valence-electron chi connectivity index (χ1n) is 6.05. The first kappa shape index (κ1) is 17.4. The molecule has 0 aliphatic carbocycles. The van der Waals surface area contributed by atoms with Gasteiger partial charge in [0.15, 0.2) is 0 Å². The lowest BCUT2D eigenvalue weighted by Gasteiger charge is -2.07. The van der Waals surface area contributed by atoms with Gasteiger partial charge in [0.2, 0.25) is 5.88 Å². The highest BCUT2D eigenvalue weighted by molar-refractivity contribution is 6.34. The minimum atomic E-state index is -3.12. The summed E-state index contributed by atoms with van der Waals surface area (Å²) in [6.45, 7) is -1.98. The molecule has 124 valence electrons. The number of aryl methyl sites for hydroxylation is 1. The zero-order valence-corrected chi connectivity index (χ0v) is 13.3. The molecule has 2 aromatic rings. The van der Waals surface area contributed by atoms with E-state index in [9.17, 15) is 18.0 Å². The quantitative estimate of drug-likeness (QED) is 0.603. The summed E-state index contributed by atoms with van der Waals surface area (Å²) < 4.78 is 48.8. The van der Waals surface area contributed by atoms with Crippen molar-refractivity contribution in [3.05, 3.63) is 28.0 Å². The fourth-order valence-electron chi connectivity index (χ4n) is 1.81. The Balaban J connectivity index is 2.56. The Morgan fingerprint density at radius 3 is 2.57 bits per heavy atom. The maximum Gasteiger partial charge on any atom is 0.388 e. The van der Waals surface area contributed by atoms with Crippen molar-refractivity contribution in [3.8, 4) is 22.9 Å². The van der Waals surface area contributed by atoms with Gasteiger partial charge < -0.3 is 9.47 Å². The van der Waals surface area contributed by atoms with Crippen molar-refractivity contribution < 1.29 is 27.4 Å². The van der Waals surface area contributed by atoms with Gasteiger partial charge in [-0.25, -0.2) is 9.07 Å². The number of alkyl halides is 2. The Hall–Kier alpha value is -1.93. The van der Waals surface area contributed by atoms with Gasteiger partial charge in [0.1, 0.15) is 22.3 Å². The van der Waals surface area contributed by atoms with Crippen LogP contribution in [-0.2, 0) is 11.8 Å². The van der Waals surface area contributed by atoms with E-state index in [4.69, 9.17) is 27.9 Å². The first-order valence-corrected chi connectivity index (χ1v) is 6.81. The molecule has 23 heavy (non-hydrogen) atoms. The number of benzene rings is 1. The maximum absolute atomic E-state index is 14.1. The minimum absolute atomic E-state index is 0.117. The molecule has 5 nitrogen and oxygen atoms in total. The molecule has 10 heteroatoms. The minimum Gasteiger partial charge on any atom is -0.425 e. The number of halogens is 5. The zero-order valence-electron chi connectivity index (χ0n) is 11.7. The molecule has 0 fully saturated rings. The number of nitrogens with zero attached hydrogens (tertiary/aromatic N) is 2. The van der Waals surface area contributed by atoms with E-state index in [1.807, 2.05) is 0 Å². The van der Waals surface area contributed by atoms with Gasteiger partial charge in [0.25, 0.3) is 0 Å². The lowest BCUT2D eigenvalue weighted by Crippen LogP contribution is -2.06. The van der Waals surface area contributed by atoms with Crippen LogP contribution in [0.1, 0.15) is 6.92 Å². The summed E-state index contributed by atoms with van der Waals surface area (Å²) in [5, 5.41) is 3.39. The van der Waals surface area contributed by atoms with Crippen molar-refractivity contribution in [2.75, 3.05) is 0 Å². The number of rotatable bonds is 4. The van der Waals surface area contributed by atoms with Gasteiger partial charge in [0.05, 0.1) is 5.02 Å². The summed E-state index contributed by atoms with van der Waals surface area (Å²) in [7, 11) is 1.30. The largest absolute Gasteiger partial charge is 0.425 e. The molecule has 0 radical (unpaired) electrons. The van der Waals surface area contributed by atoms with Crippen LogP contribution in [0.5, 0.6) is 11.6 Å². The smallest absolute Gasteiger partial charge is 0.388 e. The summed E-state index contributed by atoms with van der Waals surface area (Å²) in [5.41, 5.74) is -0.345. The lowest BCUT2D eigenvalue weighted by molar-refractivity contribution is -0.131. The van der Waals surface area contributed by atoms with Crippen LogP contribution in [0.25, 0.3) is 11.3 Å². The summed E-state index contributed by atoms with van der Waals surface area (Å²) in [5.74, 6) is -2.04. The van der Waals surface area contributed by atoms with Crippen molar-refractivity contribution in [1.82, 2.24) is 9.78 Å². The van der Waals surface area contributed by atoms with Crippen molar-refractivity contribution in [2.45, 2.75) is 13.5 Å². The van der Waals surface area contributed by atoms with E-state index in [1.165, 1.54) is 7.05 Å². The van der Waals surface area contributed by atoms with Crippen molar-refractivity contribution in [2.24, 2.45) is 7.05 Å². The summed E-state index contributed by atoms with van der Waals surface area (Å²) in [6, 6.07) is 1.99. The SMILES string of the molecule is CC(=O)Oc1cc(-c2nn(C)c(OC(F)F)c2Cl)c(F)cc1Cl. The van der Waals surface area contributed by atoms with E-state index in [0.29, 0.717) is 0 Å². The van der Waals surface area contributed by atoms with E-state index in [0.717, 1.165) is 23.7 Å². The monoisotopic (exact) mass is 368 g/mol. The normalized spacial score (nSPS) is 11.0. The van der Waals surface area contributed by atoms with Crippen LogP contribution < -0.4 is 9.47 Å². The van der Waals surface area contributed by atoms with Crippen molar-refractivity contribution in [3.63, 3.8) is 0 Å². The van der Waals surface area contributed by atoms with Crippen molar-refractivity contribution >= 4 is 29.2 Å². The third-order valence-corrected chi connectivity index (χ3v) is 3.31. The van der Waals surface area contributed by atoms with E-state index in [-0.39, 0.29) is 27.1 Å². The molecule has 0 aliphatic heterocycles. The molecule has 1 heterocycles. The number of carbonyl (C=O) groups excluding carboxylic acids is 1. The topological polar surface area (TPSA) is 53.3 Å². The second kappa shape index (κ2) is 6.67. The summed E-state index contributed by atoms with van der Waals surface area (Å²) in [6.07, 6.45) is 0. The van der Waals surface area contributed by atoms with E-state index in [1.54, 1.807) is 0 Å². The van der Waals surface area contributed by atoms with Crippen LogP contribution in [0.4, 0.5) is 13.2 Å². The van der Waals surface area contributed by atoms with Gasteiger partial charge in [-0.3, -0.25) is 4.79 Å². The van der Waals surface area contributed by atoms with Gasteiger partial charge in [-0.15, -0.1) is 0 Å². The van der Waals surface area contributed by atoms with Gasteiger partial charge >= 0.3 is 12.6 Å². The third-order valence-electron chi connectivity index (χ3n) is 2.67. The molecule has 0 atom stereocenters. The number of esters is 1. The molecular formula is C13H9Cl2F3N2O3. The van der Waals surface area contributed by atoms with E-state index < -0.39 is 24.3 Å². The maximum atomic E-state index is 14.1. The highest BCUT2D eigenvalue weighted by Crippen LogP contribution is 2.39. The van der Waals surface area contributed by atoms with Crippen molar-refractivity contribution in [1.29, 1.82) is 0 Å². The molecule has 1 aromatic heterocycles. The molecule has 0 spiro atoms. The molecule has 0 saturated heterocycles. The molecule has 2 rings (SSSR count). The van der Waals surface area contributed by atoms with Crippen LogP contribution >= 0.6 is 23.2 Å². The predicted octanol–water partition coefficient (Wildman–Crippen LogP) is 4.06. The number of hydrogen-bond donors (Lipinski definition) is 0. The number of hydrogen-bond acceptors (Lipinski definition) is 4. The van der Waals surface area contributed by atoms with Gasteiger partial charge in [0, 0.05) is 19.5 Å². The molecule has 0 amide bonds. The first-order chi connectivity index (χ1) is 10.7. The fourth-order valence-corrected chi connectivity index (χ4v) is 2.31. The van der Waals surface area contributed by atoms with E-state index >= 15 is 0 Å². The lowest BCUT2D eigenvalue weighted by atomic mass is 10.1. The second-order valence-electron chi connectivity index (χ2n) is 4.33. The number of carbonyl (C=O) groups is 1. The average molecular weight is 369 g/mol. The van der Waals surface area contributed by atoms with Crippen LogP contribution in [-0.4, -0.2) is 22.4 Å². The van der Waals surface area contributed by atoms with Crippen LogP contribution in [0.15, 0.2) is 12.1 Å². The number of ether oxygens (including phenoxy) is 2. The molecular weight excluding hydrogens is 360 g/mol. The Morgan fingerprint density at radius 2 is 2.00 bits per heavy atom. The van der Waals surface area contributed by atoms with Gasteiger partial charge in [-0.05, 0) is 12.1 Å². The van der Waals surface area contributed by atoms with Gasteiger partial charge in [-0.1, -0.05) is 23.2 Å². The molecule has 0 N–H and O–H groups in total. The third kappa shape index (κ3) is 3.70. The molecule has 0 bridgehead atoms. The molecule has 0 aliphatic rings. The predicted molar refractivity (Wildman–Crippen MR) is 76.6 cm³/mol. The van der Waals surface area contributed by atoms with Crippen LogP contribution in [0, 0.1) is 5.82 Å². The Bertz CT molecular complexity index is 765. The standard InChI is InChI=1S/C13H9Cl2F3N2O3/c1-5(21)22-9-3-6(8(16)4-7(9)14)11-10(15)12(20(2)19-11)23-13(17)18/h3-4,13H,1-2H3. The van der Waals surface area contributed by atoms with Crippen LogP contribution in [0.2, 0.25) is 10.0 Å². The summed E-state index contributed by atoms with van der Waals surface area (Å²) >= 11 is 11.7. The average Bonchev–Trinajstić information content (AvgIpc) is 2.69. The number of aromatic nitrogens is 2. The molecule has 0 saturated carbocycles. The zero-order chi connectivity index (χ0) is 17.3. The second-order valence-corrected chi connectivity index (χ2v) is 5.11. The van der Waals surface area contributed by atoms with Crippen LogP contribution in [0.3, 0.4) is 0 Å². The Labute approximate surface area is 138 Å². The Morgan fingerprint density at radius 1 is 1.35 bits per heavy atom.